The molecule has 0 heterocycles. The normalized spacial score (nSPS) is 10.8. The van der Waals surface area contributed by atoms with E-state index in [9.17, 15) is 4.39 Å². The van der Waals surface area contributed by atoms with Gasteiger partial charge in [0.15, 0.2) is 0 Å². The maximum Gasteiger partial charge on any atom is 0.127 e. The molecule has 2 rings (SSSR count). The highest BCUT2D eigenvalue weighted by Gasteiger charge is 2.09. The lowest BCUT2D eigenvalue weighted by atomic mass is 9.94. The third-order valence-corrected chi connectivity index (χ3v) is 3.93. The molecule has 0 aliphatic heterocycles. The number of halogens is 1. The summed E-state index contributed by atoms with van der Waals surface area (Å²) in [5.41, 5.74) is 7.90. The summed E-state index contributed by atoms with van der Waals surface area (Å²) in [5, 5.41) is 0. The lowest BCUT2D eigenvalue weighted by Crippen LogP contribution is -1.99. The van der Waals surface area contributed by atoms with Crippen LogP contribution in [0.5, 0.6) is 0 Å². The van der Waals surface area contributed by atoms with Gasteiger partial charge in [-0.15, -0.1) is 0 Å². The van der Waals surface area contributed by atoms with E-state index in [0.717, 1.165) is 16.7 Å². The molecule has 100 valence electrons. The average molecular weight is 256 g/mol. The SMILES string of the molecule is Cc1cc(C)c(Cc2cc(C)c(C)c(C)c2)c(F)c1. The van der Waals surface area contributed by atoms with Gasteiger partial charge in [0.2, 0.25) is 0 Å². The molecule has 0 aliphatic rings. The molecule has 0 atom stereocenters. The first kappa shape index (κ1) is 13.8. The van der Waals surface area contributed by atoms with Crippen molar-refractivity contribution in [2.45, 2.75) is 41.0 Å². The van der Waals surface area contributed by atoms with Crippen LogP contribution >= 0.6 is 0 Å². The van der Waals surface area contributed by atoms with E-state index >= 15 is 0 Å². The van der Waals surface area contributed by atoms with E-state index < -0.39 is 0 Å². The molecule has 1 heteroatoms. The monoisotopic (exact) mass is 256 g/mol. The van der Waals surface area contributed by atoms with E-state index in [1.54, 1.807) is 6.07 Å². The maximum atomic E-state index is 14.1. The second-order valence-electron chi connectivity index (χ2n) is 5.57. The summed E-state index contributed by atoms with van der Waals surface area (Å²) in [5.74, 6) is -0.0895. The highest BCUT2D eigenvalue weighted by Crippen LogP contribution is 2.22. The molecule has 0 saturated carbocycles. The van der Waals surface area contributed by atoms with E-state index in [1.165, 1.54) is 22.3 Å². The van der Waals surface area contributed by atoms with Crippen LogP contribution in [0.4, 0.5) is 4.39 Å². The largest absolute Gasteiger partial charge is 0.207 e. The first-order valence-corrected chi connectivity index (χ1v) is 6.71. The Bertz CT molecular complexity index is 578. The Kier molecular flexibility index (Phi) is 3.75. The summed E-state index contributed by atoms with van der Waals surface area (Å²) in [7, 11) is 0. The molecule has 0 aliphatic carbocycles. The molecular weight excluding hydrogens is 235 g/mol. The summed E-state index contributed by atoms with van der Waals surface area (Å²) in [4.78, 5) is 0. The van der Waals surface area contributed by atoms with Gasteiger partial charge in [-0.05, 0) is 79.6 Å². The molecule has 0 fully saturated rings. The molecule has 19 heavy (non-hydrogen) atoms. The van der Waals surface area contributed by atoms with Crippen molar-refractivity contribution in [3.63, 3.8) is 0 Å². The van der Waals surface area contributed by atoms with Crippen molar-refractivity contribution in [3.8, 4) is 0 Å². The molecule has 0 aromatic heterocycles. The predicted octanol–water partition coefficient (Wildman–Crippen LogP) is 4.96. The molecule has 0 radical (unpaired) electrons. The Balaban J connectivity index is 2.42. The zero-order chi connectivity index (χ0) is 14.2. The van der Waals surface area contributed by atoms with E-state index in [-0.39, 0.29) is 5.82 Å². The minimum absolute atomic E-state index is 0.0895. The first-order valence-electron chi connectivity index (χ1n) is 6.71. The van der Waals surface area contributed by atoms with Crippen molar-refractivity contribution >= 4 is 0 Å². The van der Waals surface area contributed by atoms with Crippen LogP contribution in [0.2, 0.25) is 0 Å². The molecule has 0 spiro atoms. The molecule has 2 aromatic carbocycles. The summed E-state index contributed by atoms with van der Waals surface area (Å²) < 4.78 is 14.1. The standard InChI is InChI=1S/C18H21F/c1-11-6-14(4)17(18(19)7-11)10-16-8-12(2)15(5)13(3)9-16/h6-9H,10H2,1-5H3. The van der Waals surface area contributed by atoms with Crippen molar-refractivity contribution < 1.29 is 4.39 Å². The quantitative estimate of drug-likeness (QED) is 0.712. The van der Waals surface area contributed by atoms with Crippen LogP contribution in [-0.2, 0) is 6.42 Å². The van der Waals surface area contributed by atoms with Gasteiger partial charge in [0, 0.05) is 6.42 Å². The second kappa shape index (κ2) is 5.16. The number of aryl methyl sites for hydroxylation is 4. The average Bonchev–Trinajstić information content (AvgIpc) is 2.30. The third kappa shape index (κ3) is 2.86. The summed E-state index contributed by atoms with van der Waals surface area (Å²) in [6, 6.07) is 8.00. The van der Waals surface area contributed by atoms with Gasteiger partial charge in [-0.25, -0.2) is 4.39 Å². The molecular formula is C18H21F. The molecule has 0 N–H and O–H groups in total. The van der Waals surface area contributed by atoms with Crippen LogP contribution in [0.3, 0.4) is 0 Å². The van der Waals surface area contributed by atoms with Crippen LogP contribution in [0, 0.1) is 40.4 Å². The number of hydrogen-bond donors (Lipinski definition) is 0. The van der Waals surface area contributed by atoms with Crippen LogP contribution < -0.4 is 0 Å². The van der Waals surface area contributed by atoms with E-state index in [1.807, 2.05) is 19.9 Å². The molecule has 0 nitrogen and oxygen atoms in total. The van der Waals surface area contributed by atoms with Crippen LogP contribution in [-0.4, -0.2) is 0 Å². The second-order valence-corrected chi connectivity index (χ2v) is 5.57. The minimum Gasteiger partial charge on any atom is -0.207 e. The maximum absolute atomic E-state index is 14.1. The van der Waals surface area contributed by atoms with E-state index in [4.69, 9.17) is 0 Å². The lowest BCUT2D eigenvalue weighted by Gasteiger charge is -2.12. The highest BCUT2D eigenvalue weighted by atomic mass is 19.1. The van der Waals surface area contributed by atoms with Gasteiger partial charge < -0.3 is 0 Å². The van der Waals surface area contributed by atoms with Crippen molar-refractivity contribution in [3.05, 3.63) is 69.0 Å². The smallest absolute Gasteiger partial charge is 0.127 e. The van der Waals surface area contributed by atoms with Gasteiger partial charge >= 0.3 is 0 Å². The molecule has 0 saturated heterocycles. The van der Waals surface area contributed by atoms with Gasteiger partial charge in [-0.2, -0.15) is 0 Å². The summed E-state index contributed by atoms with van der Waals surface area (Å²) >= 11 is 0. The number of rotatable bonds is 2. The lowest BCUT2D eigenvalue weighted by molar-refractivity contribution is 0.611. The number of hydrogen-bond acceptors (Lipinski definition) is 0. The Morgan fingerprint density at radius 2 is 1.37 bits per heavy atom. The Labute approximate surface area is 115 Å². The topological polar surface area (TPSA) is 0 Å². The van der Waals surface area contributed by atoms with Gasteiger partial charge in [-0.3, -0.25) is 0 Å². The number of benzene rings is 2. The minimum atomic E-state index is -0.0895. The predicted molar refractivity (Wildman–Crippen MR) is 79.3 cm³/mol. The third-order valence-electron chi connectivity index (χ3n) is 3.93. The molecule has 0 unspecified atom stereocenters. The van der Waals surface area contributed by atoms with Crippen molar-refractivity contribution in [2.75, 3.05) is 0 Å². The summed E-state index contributed by atoms with van der Waals surface area (Å²) in [6.45, 7) is 10.3. The van der Waals surface area contributed by atoms with Gasteiger partial charge in [0.25, 0.3) is 0 Å². The molecule has 2 aromatic rings. The van der Waals surface area contributed by atoms with Crippen molar-refractivity contribution in [1.82, 2.24) is 0 Å². The fraction of sp³-hybridized carbons (Fsp3) is 0.333. The van der Waals surface area contributed by atoms with Crippen LogP contribution in [0.15, 0.2) is 24.3 Å². The van der Waals surface area contributed by atoms with Gasteiger partial charge in [0.1, 0.15) is 5.82 Å². The summed E-state index contributed by atoms with van der Waals surface area (Å²) in [6.07, 6.45) is 0.667. The molecule has 0 amide bonds. The fourth-order valence-corrected chi connectivity index (χ4v) is 2.60. The molecule has 0 bridgehead atoms. The van der Waals surface area contributed by atoms with Gasteiger partial charge in [-0.1, -0.05) is 18.2 Å². The Morgan fingerprint density at radius 3 is 1.89 bits per heavy atom. The fourth-order valence-electron chi connectivity index (χ4n) is 2.60. The Hall–Kier alpha value is -1.63. The zero-order valence-corrected chi connectivity index (χ0v) is 12.4. The van der Waals surface area contributed by atoms with Crippen LogP contribution in [0.1, 0.15) is 38.9 Å². The van der Waals surface area contributed by atoms with Gasteiger partial charge in [0.05, 0.1) is 0 Å². The van der Waals surface area contributed by atoms with Crippen LogP contribution in [0.25, 0.3) is 0 Å². The van der Waals surface area contributed by atoms with E-state index in [0.29, 0.717) is 6.42 Å². The van der Waals surface area contributed by atoms with Crippen molar-refractivity contribution in [2.24, 2.45) is 0 Å². The van der Waals surface area contributed by atoms with E-state index in [2.05, 4.69) is 32.9 Å². The highest BCUT2D eigenvalue weighted by molar-refractivity contribution is 5.41. The Morgan fingerprint density at radius 1 is 0.789 bits per heavy atom. The zero-order valence-electron chi connectivity index (χ0n) is 12.4. The van der Waals surface area contributed by atoms with Crippen molar-refractivity contribution in [1.29, 1.82) is 0 Å². The first-order chi connectivity index (χ1) is 8.88.